The number of methoxy groups -OCH3 is 1. The van der Waals surface area contributed by atoms with E-state index in [1.165, 1.54) is 11.8 Å². The Bertz CT molecular complexity index is 731. The maximum absolute atomic E-state index is 12.0. The predicted molar refractivity (Wildman–Crippen MR) is 99.6 cm³/mol. The number of carbonyl (C=O) groups excluding carboxylic acids is 1. The van der Waals surface area contributed by atoms with Gasteiger partial charge in [-0.05, 0) is 42.7 Å². The molecule has 0 bridgehead atoms. The molecule has 1 aromatic carbocycles. The van der Waals surface area contributed by atoms with E-state index in [-0.39, 0.29) is 5.91 Å². The van der Waals surface area contributed by atoms with Gasteiger partial charge in [0.2, 0.25) is 5.91 Å². The van der Waals surface area contributed by atoms with Gasteiger partial charge in [0.1, 0.15) is 5.75 Å². The Kier molecular flexibility index (Phi) is 5.67. The van der Waals surface area contributed by atoms with Crippen LogP contribution in [0.15, 0.2) is 54.7 Å². The molecule has 0 spiro atoms. The quantitative estimate of drug-likeness (QED) is 0.824. The van der Waals surface area contributed by atoms with E-state index in [2.05, 4.69) is 27.3 Å². The van der Waals surface area contributed by atoms with Crippen molar-refractivity contribution in [3.05, 3.63) is 60.4 Å². The number of rotatable bonds is 6. The van der Waals surface area contributed by atoms with Crippen molar-refractivity contribution in [1.29, 1.82) is 0 Å². The molecule has 1 aliphatic rings. The van der Waals surface area contributed by atoms with E-state index in [0.717, 1.165) is 31.0 Å². The maximum Gasteiger partial charge on any atom is 0.244 e. The molecular weight excluding hydrogens is 314 g/mol. The molecule has 1 fully saturated rings. The highest BCUT2D eigenvalue weighted by Gasteiger charge is 2.23. The van der Waals surface area contributed by atoms with Gasteiger partial charge in [0.25, 0.3) is 0 Å². The molecule has 1 N–H and O–H groups in total. The number of amides is 1. The van der Waals surface area contributed by atoms with Gasteiger partial charge in [-0.2, -0.15) is 0 Å². The number of hydrogen-bond acceptors (Lipinski definition) is 4. The average molecular weight is 337 g/mol. The Morgan fingerprint density at radius 1 is 1.36 bits per heavy atom. The van der Waals surface area contributed by atoms with Crippen molar-refractivity contribution in [3.8, 4) is 5.75 Å². The third-order valence-electron chi connectivity index (χ3n) is 4.36. The van der Waals surface area contributed by atoms with Crippen molar-refractivity contribution < 1.29 is 9.53 Å². The van der Waals surface area contributed by atoms with Crippen LogP contribution in [0.2, 0.25) is 0 Å². The van der Waals surface area contributed by atoms with Crippen molar-refractivity contribution in [2.45, 2.75) is 6.42 Å². The smallest absolute Gasteiger partial charge is 0.244 e. The highest BCUT2D eigenvalue weighted by Crippen LogP contribution is 2.26. The van der Waals surface area contributed by atoms with Crippen LogP contribution < -0.4 is 15.0 Å². The Hall–Kier alpha value is -2.82. The van der Waals surface area contributed by atoms with Crippen molar-refractivity contribution in [3.63, 3.8) is 0 Å². The van der Waals surface area contributed by atoms with Gasteiger partial charge in [-0.25, -0.2) is 0 Å². The second-order valence-electron chi connectivity index (χ2n) is 6.14. The molecule has 5 nitrogen and oxygen atoms in total. The first-order valence-corrected chi connectivity index (χ1v) is 8.50. The Balaban J connectivity index is 1.46. The number of pyridine rings is 1. The molecule has 2 heterocycles. The molecule has 0 radical (unpaired) electrons. The van der Waals surface area contributed by atoms with Gasteiger partial charge < -0.3 is 15.0 Å². The highest BCUT2D eigenvalue weighted by molar-refractivity contribution is 5.91. The van der Waals surface area contributed by atoms with E-state index in [4.69, 9.17) is 4.74 Å². The molecule has 1 saturated heterocycles. The van der Waals surface area contributed by atoms with Gasteiger partial charge in [0.05, 0.1) is 12.8 Å². The molecule has 1 unspecified atom stereocenters. The Morgan fingerprint density at radius 3 is 3.08 bits per heavy atom. The van der Waals surface area contributed by atoms with Crippen LogP contribution in [-0.4, -0.2) is 37.6 Å². The third-order valence-corrected chi connectivity index (χ3v) is 4.36. The average Bonchev–Trinajstić information content (AvgIpc) is 3.15. The van der Waals surface area contributed by atoms with Gasteiger partial charge in [-0.3, -0.25) is 9.78 Å². The monoisotopic (exact) mass is 337 g/mol. The minimum Gasteiger partial charge on any atom is -0.497 e. The zero-order valence-electron chi connectivity index (χ0n) is 14.4. The topological polar surface area (TPSA) is 54.5 Å². The first kappa shape index (κ1) is 17.0. The summed E-state index contributed by atoms with van der Waals surface area (Å²) in [4.78, 5) is 18.5. The van der Waals surface area contributed by atoms with Crippen LogP contribution in [0.25, 0.3) is 6.08 Å². The summed E-state index contributed by atoms with van der Waals surface area (Å²) in [5.74, 6) is 1.25. The minimum absolute atomic E-state index is 0.0783. The van der Waals surface area contributed by atoms with Crippen molar-refractivity contribution in [2.24, 2.45) is 5.92 Å². The van der Waals surface area contributed by atoms with E-state index >= 15 is 0 Å². The Morgan fingerprint density at radius 2 is 2.28 bits per heavy atom. The molecule has 2 aromatic rings. The predicted octanol–water partition coefficient (Wildman–Crippen LogP) is 2.75. The van der Waals surface area contributed by atoms with Gasteiger partial charge >= 0.3 is 0 Å². The van der Waals surface area contributed by atoms with E-state index in [1.807, 2.05) is 30.3 Å². The number of carbonyl (C=O) groups is 1. The molecule has 5 heteroatoms. The van der Waals surface area contributed by atoms with Crippen LogP contribution >= 0.6 is 0 Å². The molecule has 0 saturated carbocycles. The molecule has 1 amide bonds. The van der Waals surface area contributed by atoms with Crippen LogP contribution in [0.3, 0.4) is 0 Å². The highest BCUT2D eigenvalue weighted by atomic mass is 16.5. The summed E-state index contributed by atoms with van der Waals surface area (Å²) in [5, 5.41) is 2.98. The molecule has 1 atom stereocenters. The molecule has 25 heavy (non-hydrogen) atoms. The lowest BCUT2D eigenvalue weighted by atomic mass is 10.1. The molecule has 1 aliphatic heterocycles. The maximum atomic E-state index is 12.0. The fraction of sp³-hybridized carbons (Fsp3) is 0.300. The largest absolute Gasteiger partial charge is 0.497 e. The zero-order chi connectivity index (χ0) is 17.5. The van der Waals surface area contributed by atoms with E-state index in [9.17, 15) is 4.79 Å². The SMILES string of the molecule is COc1cccc(N2CCC(CNC(=O)C=Cc3ccccn3)C2)c1. The molecular formula is C20H23N3O2. The fourth-order valence-electron chi connectivity index (χ4n) is 2.98. The summed E-state index contributed by atoms with van der Waals surface area (Å²) >= 11 is 0. The summed E-state index contributed by atoms with van der Waals surface area (Å²) < 4.78 is 5.29. The second kappa shape index (κ2) is 8.33. The number of hydrogen-bond donors (Lipinski definition) is 1. The van der Waals surface area contributed by atoms with Gasteiger partial charge in [0, 0.05) is 43.7 Å². The number of nitrogens with zero attached hydrogens (tertiary/aromatic N) is 2. The van der Waals surface area contributed by atoms with Gasteiger partial charge in [0.15, 0.2) is 0 Å². The normalized spacial score (nSPS) is 17.0. The van der Waals surface area contributed by atoms with Crippen molar-refractivity contribution in [2.75, 3.05) is 31.6 Å². The third kappa shape index (κ3) is 4.83. The van der Waals surface area contributed by atoms with Crippen LogP contribution in [0.1, 0.15) is 12.1 Å². The van der Waals surface area contributed by atoms with Crippen LogP contribution in [0, 0.1) is 5.92 Å². The summed E-state index contributed by atoms with van der Waals surface area (Å²) in [7, 11) is 1.68. The molecule has 1 aromatic heterocycles. The number of aromatic nitrogens is 1. The van der Waals surface area contributed by atoms with Gasteiger partial charge in [-0.15, -0.1) is 0 Å². The van der Waals surface area contributed by atoms with Crippen LogP contribution in [0.5, 0.6) is 5.75 Å². The molecule has 3 rings (SSSR count). The summed E-state index contributed by atoms with van der Waals surface area (Å²) in [6.07, 6.45) is 6.05. The Labute approximate surface area is 148 Å². The van der Waals surface area contributed by atoms with Crippen LogP contribution in [0.4, 0.5) is 5.69 Å². The summed E-state index contributed by atoms with van der Waals surface area (Å²) in [5.41, 5.74) is 1.95. The summed E-state index contributed by atoms with van der Waals surface area (Å²) in [6.45, 7) is 2.63. The van der Waals surface area contributed by atoms with E-state index < -0.39 is 0 Å². The van der Waals surface area contributed by atoms with E-state index in [1.54, 1.807) is 19.4 Å². The lowest BCUT2D eigenvalue weighted by molar-refractivity contribution is -0.116. The van der Waals surface area contributed by atoms with Crippen LogP contribution in [-0.2, 0) is 4.79 Å². The number of anilines is 1. The lowest BCUT2D eigenvalue weighted by Gasteiger charge is -2.19. The molecule has 0 aliphatic carbocycles. The second-order valence-corrected chi connectivity index (χ2v) is 6.14. The first-order valence-electron chi connectivity index (χ1n) is 8.50. The zero-order valence-corrected chi connectivity index (χ0v) is 14.4. The van der Waals surface area contributed by atoms with Crippen molar-refractivity contribution >= 4 is 17.7 Å². The van der Waals surface area contributed by atoms with E-state index in [0.29, 0.717) is 12.5 Å². The molecule has 130 valence electrons. The summed E-state index contributed by atoms with van der Waals surface area (Å²) in [6, 6.07) is 13.7. The van der Waals surface area contributed by atoms with Gasteiger partial charge in [-0.1, -0.05) is 12.1 Å². The fourth-order valence-corrected chi connectivity index (χ4v) is 2.98. The lowest BCUT2D eigenvalue weighted by Crippen LogP contribution is -2.29. The number of nitrogens with one attached hydrogen (secondary N) is 1. The number of ether oxygens (including phenoxy) is 1. The first-order chi connectivity index (χ1) is 12.2. The van der Waals surface area contributed by atoms with Crippen molar-refractivity contribution in [1.82, 2.24) is 10.3 Å². The number of benzene rings is 1. The minimum atomic E-state index is -0.0783. The standard InChI is InChI=1S/C20H23N3O2/c1-25-19-7-4-6-18(13-19)23-12-10-16(15-23)14-22-20(24)9-8-17-5-2-3-11-21-17/h2-9,11,13,16H,10,12,14-15H2,1H3,(H,22,24).